The Morgan fingerprint density at radius 2 is 1.90 bits per heavy atom. The zero-order valence-electron chi connectivity index (χ0n) is 11.3. The first-order valence-electron chi connectivity index (χ1n) is 6.66. The van der Waals surface area contributed by atoms with Crippen molar-refractivity contribution in [2.24, 2.45) is 0 Å². The van der Waals surface area contributed by atoms with E-state index in [1.54, 1.807) is 5.01 Å². The lowest BCUT2D eigenvalue weighted by Gasteiger charge is -2.20. The van der Waals surface area contributed by atoms with E-state index in [0.717, 1.165) is 56.2 Å². The van der Waals surface area contributed by atoms with Gasteiger partial charge in [-0.25, -0.2) is 9.80 Å². The number of amides is 3. The summed E-state index contributed by atoms with van der Waals surface area (Å²) in [7, 11) is 0. The number of urea groups is 1. The van der Waals surface area contributed by atoms with E-state index < -0.39 is 16.9 Å². The summed E-state index contributed by atoms with van der Waals surface area (Å²) in [6, 6.07) is 0.537. The number of rotatable bonds is 3. The van der Waals surface area contributed by atoms with Gasteiger partial charge < -0.3 is 0 Å². The summed E-state index contributed by atoms with van der Waals surface area (Å²) >= 11 is 0.849. The van der Waals surface area contributed by atoms with Crippen LogP contribution in [-0.2, 0) is 0 Å². The summed E-state index contributed by atoms with van der Waals surface area (Å²) in [5.41, 5.74) is 2.73. The van der Waals surface area contributed by atoms with Crippen molar-refractivity contribution in [2.45, 2.75) is 25.7 Å². The van der Waals surface area contributed by atoms with Gasteiger partial charge in [0.15, 0.2) is 0 Å². The lowest BCUT2D eigenvalue weighted by atomic mass is 10.2. The van der Waals surface area contributed by atoms with Crippen LogP contribution in [0, 0.1) is 10.1 Å². The van der Waals surface area contributed by atoms with Gasteiger partial charge in [0, 0.05) is 24.5 Å². The van der Waals surface area contributed by atoms with Crippen molar-refractivity contribution in [3.05, 3.63) is 27.1 Å². The number of thiophene rings is 1. The first-order chi connectivity index (χ1) is 10.1. The first kappa shape index (κ1) is 15.4. The normalized spacial score (nSPS) is 16.0. The van der Waals surface area contributed by atoms with Crippen LogP contribution in [0.15, 0.2) is 11.4 Å². The number of hydrogen-bond donors (Lipinski definition) is 2. The van der Waals surface area contributed by atoms with Crippen LogP contribution < -0.4 is 10.7 Å². The third kappa shape index (κ3) is 4.50. The minimum Gasteiger partial charge on any atom is -0.273 e. The van der Waals surface area contributed by atoms with E-state index in [1.807, 2.05) is 0 Å². The predicted octanol–water partition coefficient (Wildman–Crippen LogP) is 1.89. The highest BCUT2D eigenvalue weighted by Crippen LogP contribution is 2.22. The van der Waals surface area contributed by atoms with E-state index in [2.05, 4.69) is 10.7 Å². The zero-order valence-corrected chi connectivity index (χ0v) is 12.1. The molecule has 0 bridgehead atoms. The van der Waals surface area contributed by atoms with Crippen LogP contribution >= 0.6 is 11.3 Å². The number of hydrogen-bond acceptors (Lipinski definition) is 6. The lowest BCUT2D eigenvalue weighted by Crippen LogP contribution is -2.49. The molecule has 0 spiro atoms. The van der Waals surface area contributed by atoms with Gasteiger partial charge in [0.25, 0.3) is 5.91 Å². The maximum Gasteiger partial charge on any atom is 0.336 e. The number of nitro groups is 1. The van der Waals surface area contributed by atoms with E-state index in [0.29, 0.717) is 0 Å². The van der Waals surface area contributed by atoms with Crippen LogP contribution in [0.2, 0.25) is 0 Å². The Bertz CT molecular complexity index is 537. The van der Waals surface area contributed by atoms with Crippen LogP contribution in [0.1, 0.15) is 36.0 Å². The van der Waals surface area contributed by atoms with E-state index in [1.165, 1.54) is 5.38 Å². The molecule has 114 valence electrons. The Labute approximate surface area is 125 Å². The van der Waals surface area contributed by atoms with E-state index in [9.17, 15) is 19.7 Å². The average molecular weight is 312 g/mol. The third-order valence-corrected chi connectivity index (χ3v) is 4.00. The van der Waals surface area contributed by atoms with Crippen LogP contribution in [0.4, 0.5) is 9.80 Å². The van der Waals surface area contributed by atoms with Crippen LogP contribution in [0.3, 0.4) is 0 Å². The fraction of sp³-hybridized carbons (Fsp3) is 0.500. The lowest BCUT2D eigenvalue weighted by molar-refractivity contribution is -0.380. The Hall–Kier alpha value is -2.00. The summed E-state index contributed by atoms with van der Waals surface area (Å²) in [5.74, 6) is -0.647. The Kier molecular flexibility index (Phi) is 5.23. The quantitative estimate of drug-likeness (QED) is 0.655. The summed E-state index contributed by atoms with van der Waals surface area (Å²) in [6.07, 6.45) is 4.28. The molecule has 0 aliphatic carbocycles. The summed E-state index contributed by atoms with van der Waals surface area (Å²) < 4.78 is 0. The third-order valence-electron chi connectivity index (χ3n) is 3.12. The molecule has 0 aromatic carbocycles. The molecule has 8 nitrogen and oxygen atoms in total. The fourth-order valence-electron chi connectivity index (χ4n) is 2.07. The van der Waals surface area contributed by atoms with Crippen molar-refractivity contribution >= 4 is 28.3 Å². The van der Waals surface area contributed by atoms with Gasteiger partial charge in [-0.15, -0.1) is 0 Å². The van der Waals surface area contributed by atoms with E-state index in [4.69, 9.17) is 0 Å². The molecule has 1 fully saturated rings. The highest BCUT2D eigenvalue weighted by molar-refractivity contribution is 7.13. The molecule has 1 aliphatic heterocycles. The molecule has 1 aliphatic rings. The van der Waals surface area contributed by atoms with Gasteiger partial charge in [-0.3, -0.25) is 25.7 Å². The standard InChI is InChI=1S/C12H16N4O4S/c17-11(9-7-10(16(19)20)21-8-9)13-12(18)14-15-5-3-1-2-4-6-15/h7-8H,1-6H2,(H2,13,14,17,18). The average Bonchev–Trinajstić information content (AvgIpc) is 2.80. The molecule has 1 saturated heterocycles. The second-order valence-corrected chi connectivity index (χ2v) is 5.62. The minimum absolute atomic E-state index is 0.109. The van der Waals surface area contributed by atoms with Crippen molar-refractivity contribution in [2.75, 3.05) is 13.1 Å². The molecule has 2 heterocycles. The van der Waals surface area contributed by atoms with Gasteiger partial charge in [0.05, 0.1) is 10.5 Å². The molecule has 1 aromatic rings. The highest BCUT2D eigenvalue weighted by Gasteiger charge is 2.18. The molecule has 0 unspecified atom stereocenters. The Morgan fingerprint density at radius 1 is 1.24 bits per heavy atom. The van der Waals surface area contributed by atoms with Gasteiger partial charge >= 0.3 is 11.0 Å². The van der Waals surface area contributed by atoms with E-state index >= 15 is 0 Å². The van der Waals surface area contributed by atoms with Crippen molar-refractivity contribution in [3.63, 3.8) is 0 Å². The van der Waals surface area contributed by atoms with Crippen molar-refractivity contribution in [1.29, 1.82) is 0 Å². The molecule has 9 heteroatoms. The highest BCUT2D eigenvalue weighted by atomic mass is 32.1. The van der Waals surface area contributed by atoms with Gasteiger partial charge in [-0.1, -0.05) is 24.2 Å². The second kappa shape index (κ2) is 7.14. The first-order valence-corrected chi connectivity index (χ1v) is 7.54. The van der Waals surface area contributed by atoms with Crippen LogP contribution in [-0.4, -0.2) is 35.0 Å². The van der Waals surface area contributed by atoms with Gasteiger partial charge in [0.2, 0.25) is 0 Å². The molecular weight excluding hydrogens is 296 g/mol. The number of carbonyl (C=O) groups is 2. The van der Waals surface area contributed by atoms with Gasteiger partial charge in [-0.2, -0.15) is 0 Å². The fourth-order valence-corrected chi connectivity index (χ4v) is 2.77. The van der Waals surface area contributed by atoms with Crippen LogP contribution in [0.5, 0.6) is 0 Å². The SMILES string of the molecule is O=C(NC(=O)c1csc([N+](=O)[O-])c1)NN1CCCCCC1. The van der Waals surface area contributed by atoms with Crippen molar-refractivity contribution < 1.29 is 14.5 Å². The molecule has 0 saturated carbocycles. The number of imide groups is 1. The largest absolute Gasteiger partial charge is 0.336 e. The van der Waals surface area contributed by atoms with Crippen LogP contribution in [0.25, 0.3) is 0 Å². The molecule has 3 amide bonds. The van der Waals surface area contributed by atoms with Gasteiger partial charge in [-0.05, 0) is 12.8 Å². The minimum atomic E-state index is -0.647. The summed E-state index contributed by atoms with van der Waals surface area (Å²) in [5, 5.41) is 15.7. The van der Waals surface area contributed by atoms with Gasteiger partial charge in [0.1, 0.15) is 0 Å². The number of carbonyl (C=O) groups excluding carboxylic acids is 2. The maximum atomic E-state index is 11.8. The Morgan fingerprint density at radius 3 is 2.48 bits per heavy atom. The smallest absolute Gasteiger partial charge is 0.273 e. The second-order valence-electron chi connectivity index (χ2n) is 4.73. The predicted molar refractivity (Wildman–Crippen MR) is 77.0 cm³/mol. The molecule has 0 atom stereocenters. The maximum absolute atomic E-state index is 11.8. The van der Waals surface area contributed by atoms with Crippen molar-refractivity contribution in [3.8, 4) is 0 Å². The molecule has 1 aromatic heterocycles. The number of nitrogens with one attached hydrogen (secondary N) is 2. The molecule has 21 heavy (non-hydrogen) atoms. The molecular formula is C12H16N4O4S. The molecule has 2 N–H and O–H groups in total. The van der Waals surface area contributed by atoms with E-state index in [-0.39, 0.29) is 10.6 Å². The summed E-state index contributed by atoms with van der Waals surface area (Å²) in [4.78, 5) is 33.5. The Balaban J connectivity index is 1.86. The zero-order chi connectivity index (χ0) is 15.2. The monoisotopic (exact) mass is 312 g/mol. The topological polar surface area (TPSA) is 105 Å². The molecule has 2 rings (SSSR count). The molecule has 0 radical (unpaired) electrons. The number of hydrazine groups is 1. The number of nitrogens with zero attached hydrogens (tertiary/aromatic N) is 2. The van der Waals surface area contributed by atoms with Crippen molar-refractivity contribution in [1.82, 2.24) is 15.8 Å². The summed E-state index contributed by atoms with van der Waals surface area (Å²) in [6.45, 7) is 1.51.